The molecule has 0 unspecified atom stereocenters. The summed E-state index contributed by atoms with van der Waals surface area (Å²) in [6, 6.07) is 0. The minimum atomic E-state index is 0.122. The van der Waals surface area contributed by atoms with E-state index in [0.29, 0.717) is 11.9 Å². The highest BCUT2D eigenvalue weighted by molar-refractivity contribution is 5.29. The molecule has 0 aliphatic heterocycles. The van der Waals surface area contributed by atoms with Gasteiger partial charge in [0.15, 0.2) is 0 Å². The van der Waals surface area contributed by atoms with Gasteiger partial charge in [0.05, 0.1) is 0 Å². The third-order valence-corrected chi connectivity index (χ3v) is 2.66. The molecule has 0 amide bonds. The Hall–Kier alpha value is -2.84. The Kier molecular flexibility index (Phi) is 3.07. The Morgan fingerprint density at radius 2 is 2.05 bits per heavy atom. The van der Waals surface area contributed by atoms with E-state index in [1.165, 1.54) is 17.3 Å². The number of anilines is 1. The number of nitrogens with two attached hydrogens (primary N) is 1. The Morgan fingerprint density at radius 3 is 2.80 bits per heavy atom. The zero-order chi connectivity index (χ0) is 13.9. The molecule has 3 aromatic heterocycles. The molecule has 0 radical (unpaired) electrons. The first-order chi connectivity index (χ1) is 9.78. The smallest absolute Gasteiger partial charge is 0.258 e. The van der Waals surface area contributed by atoms with E-state index in [4.69, 9.17) is 5.73 Å². The summed E-state index contributed by atoms with van der Waals surface area (Å²) in [5.74, 6) is 1.74. The average molecular weight is 271 g/mol. The molecule has 102 valence electrons. The van der Waals surface area contributed by atoms with Crippen LogP contribution in [0.15, 0.2) is 25.0 Å². The maximum absolute atomic E-state index is 5.74. The molecule has 3 aromatic rings. The fourth-order valence-corrected chi connectivity index (χ4v) is 1.82. The van der Waals surface area contributed by atoms with E-state index in [0.717, 1.165) is 18.7 Å². The van der Waals surface area contributed by atoms with E-state index < -0.39 is 0 Å². The molecule has 0 bridgehead atoms. The molecule has 0 aliphatic rings. The summed E-state index contributed by atoms with van der Waals surface area (Å²) in [7, 11) is 0. The number of aryl methyl sites for hydroxylation is 1. The van der Waals surface area contributed by atoms with E-state index in [2.05, 4.69) is 36.9 Å². The van der Waals surface area contributed by atoms with Crippen molar-refractivity contribution in [3.63, 3.8) is 0 Å². The van der Waals surface area contributed by atoms with Gasteiger partial charge in [-0.2, -0.15) is 24.7 Å². The van der Waals surface area contributed by atoms with Crippen molar-refractivity contribution in [1.29, 1.82) is 0 Å². The van der Waals surface area contributed by atoms with E-state index in [-0.39, 0.29) is 5.95 Å². The molecular weight excluding hydrogens is 258 g/mol. The number of hydrogen-bond donors (Lipinski definition) is 1. The van der Waals surface area contributed by atoms with E-state index in [1.807, 2.05) is 0 Å². The van der Waals surface area contributed by atoms with Crippen molar-refractivity contribution >= 4 is 5.95 Å². The third-order valence-electron chi connectivity index (χ3n) is 2.66. The van der Waals surface area contributed by atoms with Crippen LogP contribution in [0, 0.1) is 0 Å². The second-order valence-corrected chi connectivity index (χ2v) is 4.10. The quantitative estimate of drug-likeness (QED) is 0.719. The summed E-state index contributed by atoms with van der Waals surface area (Å²) in [6.07, 6.45) is 8.22. The van der Waals surface area contributed by atoms with Gasteiger partial charge in [-0.05, 0) is 6.42 Å². The average Bonchev–Trinajstić information content (AvgIpc) is 3.09. The molecular formula is C11H13N9. The van der Waals surface area contributed by atoms with Crippen LogP contribution in [0.5, 0.6) is 0 Å². The number of hydrogen-bond acceptors (Lipinski definition) is 7. The molecule has 0 atom stereocenters. The summed E-state index contributed by atoms with van der Waals surface area (Å²) < 4.78 is 3.22. The van der Waals surface area contributed by atoms with Gasteiger partial charge in [-0.25, -0.2) is 9.97 Å². The SMILES string of the molecule is CCCc1nccn1-c1nc(N)nc(-n2cncn2)n1. The summed E-state index contributed by atoms with van der Waals surface area (Å²) in [5.41, 5.74) is 5.74. The van der Waals surface area contributed by atoms with Crippen LogP contribution in [0.4, 0.5) is 5.95 Å². The summed E-state index contributed by atoms with van der Waals surface area (Å²) in [4.78, 5) is 20.7. The second kappa shape index (κ2) is 5.03. The van der Waals surface area contributed by atoms with Crippen LogP contribution in [0.2, 0.25) is 0 Å². The van der Waals surface area contributed by atoms with Gasteiger partial charge in [0.1, 0.15) is 18.5 Å². The third kappa shape index (κ3) is 2.20. The second-order valence-electron chi connectivity index (χ2n) is 4.10. The van der Waals surface area contributed by atoms with Gasteiger partial charge in [0.25, 0.3) is 5.95 Å². The molecule has 0 saturated carbocycles. The predicted molar refractivity (Wildman–Crippen MR) is 70.3 cm³/mol. The molecule has 0 fully saturated rings. The standard InChI is InChI=1S/C11H13N9/c1-2-3-8-14-4-5-19(8)10-16-9(12)17-11(18-10)20-7-13-6-15-20/h4-7H,2-3H2,1H3,(H2,12,16,17,18). The molecule has 9 heteroatoms. The van der Waals surface area contributed by atoms with E-state index >= 15 is 0 Å². The number of nitrogens with zero attached hydrogens (tertiary/aromatic N) is 8. The topological polar surface area (TPSA) is 113 Å². The molecule has 3 rings (SSSR count). The lowest BCUT2D eigenvalue weighted by Crippen LogP contribution is -2.12. The lowest BCUT2D eigenvalue weighted by molar-refractivity contribution is 0.747. The largest absolute Gasteiger partial charge is 0.368 e. The van der Waals surface area contributed by atoms with Crippen LogP contribution >= 0.6 is 0 Å². The van der Waals surface area contributed by atoms with Crippen molar-refractivity contribution < 1.29 is 0 Å². The number of imidazole rings is 1. The number of nitrogen functional groups attached to an aromatic ring is 1. The minimum absolute atomic E-state index is 0.122. The minimum Gasteiger partial charge on any atom is -0.368 e. The van der Waals surface area contributed by atoms with Gasteiger partial charge in [0, 0.05) is 18.8 Å². The monoisotopic (exact) mass is 271 g/mol. The van der Waals surface area contributed by atoms with Crippen LogP contribution < -0.4 is 5.73 Å². The fourth-order valence-electron chi connectivity index (χ4n) is 1.82. The van der Waals surface area contributed by atoms with Gasteiger partial charge in [0.2, 0.25) is 11.9 Å². The highest BCUT2D eigenvalue weighted by Crippen LogP contribution is 2.10. The number of aromatic nitrogens is 8. The molecule has 0 aliphatic carbocycles. The summed E-state index contributed by atoms with van der Waals surface area (Å²) in [6.45, 7) is 2.08. The van der Waals surface area contributed by atoms with Crippen molar-refractivity contribution in [3.8, 4) is 11.9 Å². The molecule has 3 heterocycles. The maximum atomic E-state index is 5.74. The lowest BCUT2D eigenvalue weighted by atomic mass is 10.3. The normalized spacial score (nSPS) is 10.8. The van der Waals surface area contributed by atoms with Gasteiger partial charge in [-0.1, -0.05) is 6.92 Å². The van der Waals surface area contributed by atoms with Crippen LogP contribution in [-0.4, -0.2) is 39.3 Å². The predicted octanol–water partition coefficient (Wildman–Crippen LogP) is 0.173. The molecule has 9 nitrogen and oxygen atoms in total. The van der Waals surface area contributed by atoms with Crippen LogP contribution in [0.1, 0.15) is 19.2 Å². The van der Waals surface area contributed by atoms with Crippen LogP contribution in [0.25, 0.3) is 11.9 Å². The van der Waals surface area contributed by atoms with Crippen LogP contribution in [-0.2, 0) is 6.42 Å². The first-order valence-corrected chi connectivity index (χ1v) is 6.17. The zero-order valence-electron chi connectivity index (χ0n) is 10.9. The highest BCUT2D eigenvalue weighted by atomic mass is 15.4. The van der Waals surface area contributed by atoms with Gasteiger partial charge < -0.3 is 5.73 Å². The molecule has 20 heavy (non-hydrogen) atoms. The van der Waals surface area contributed by atoms with Crippen LogP contribution in [0.3, 0.4) is 0 Å². The fraction of sp³-hybridized carbons (Fsp3) is 0.273. The Bertz CT molecular complexity index is 701. The Balaban J connectivity index is 2.08. The Labute approximate surface area is 114 Å². The van der Waals surface area contributed by atoms with Crippen molar-refractivity contribution in [1.82, 2.24) is 39.3 Å². The first kappa shape index (κ1) is 12.2. The van der Waals surface area contributed by atoms with Crippen molar-refractivity contribution in [2.45, 2.75) is 19.8 Å². The number of rotatable bonds is 4. The Morgan fingerprint density at radius 1 is 1.20 bits per heavy atom. The highest BCUT2D eigenvalue weighted by Gasteiger charge is 2.11. The summed E-state index contributed by atoms with van der Waals surface area (Å²) >= 11 is 0. The van der Waals surface area contributed by atoms with Gasteiger partial charge in [-0.3, -0.25) is 4.57 Å². The first-order valence-electron chi connectivity index (χ1n) is 6.17. The lowest BCUT2D eigenvalue weighted by Gasteiger charge is -2.07. The van der Waals surface area contributed by atoms with Crippen molar-refractivity contribution in [3.05, 3.63) is 30.9 Å². The van der Waals surface area contributed by atoms with E-state index in [9.17, 15) is 0 Å². The molecule has 2 N–H and O–H groups in total. The molecule has 0 saturated heterocycles. The molecule has 0 spiro atoms. The van der Waals surface area contributed by atoms with Crippen molar-refractivity contribution in [2.75, 3.05) is 5.73 Å². The maximum Gasteiger partial charge on any atom is 0.258 e. The summed E-state index contributed by atoms with van der Waals surface area (Å²) in [5, 5.41) is 3.98. The van der Waals surface area contributed by atoms with Crippen molar-refractivity contribution in [2.24, 2.45) is 0 Å². The zero-order valence-corrected chi connectivity index (χ0v) is 10.9. The van der Waals surface area contributed by atoms with Gasteiger partial charge in [-0.15, -0.1) is 0 Å². The van der Waals surface area contributed by atoms with E-state index in [1.54, 1.807) is 17.0 Å². The molecule has 0 aromatic carbocycles. The van der Waals surface area contributed by atoms with Gasteiger partial charge >= 0.3 is 0 Å².